The first kappa shape index (κ1) is 23.0. The Labute approximate surface area is 193 Å². The molecular formula is C26H19F3N2O3. The zero-order chi connectivity index (χ0) is 24.3. The molecule has 5 nitrogen and oxygen atoms in total. The molecule has 0 atom stereocenters. The Balaban J connectivity index is 1.58. The van der Waals surface area contributed by atoms with Gasteiger partial charge in [-0.3, -0.25) is 9.78 Å². The molecule has 0 spiro atoms. The van der Waals surface area contributed by atoms with E-state index in [0.29, 0.717) is 38.8 Å². The van der Waals surface area contributed by atoms with Crippen LogP contribution in [-0.2, 0) is 10.9 Å². The third kappa shape index (κ3) is 4.91. The molecule has 0 fully saturated rings. The maximum Gasteiger partial charge on any atom is 0.416 e. The molecule has 0 bridgehead atoms. The van der Waals surface area contributed by atoms with Gasteiger partial charge in [0, 0.05) is 22.8 Å². The second-order valence-electron chi connectivity index (χ2n) is 7.43. The number of esters is 1. The summed E-state index contributed by atoms with van der Waals surface area (Å²) < 4.78 is 43.6. The molecule has 1 amide bonds. The van der Waals surface area contributed by atoms with Crippen molar-refractivity contribution in [2.24, 2.45) is 0 Å². The number of anilines is 1. The molecule has 0 saturated heterocycles. The number of rotatable bonds is 5. The standard InChI is InChI=1S/C26H19F3N2O3/c1-2-34-25(33)18-13-17-9-12-20(14-23(17)30-15-18)31-24(32)22-6-4-3-5-21(22)16-7-10-19(11-8-16)26(27,28)29/h3-15H,2H2,1H3,(H,31,32). The maximum absolute atomic E-state index is 13.0. The summed E-state index contributed by atoms with van der Waals surface area (Å²) in [6.45, 7) is 1.98. The molecule has 3 aromatic carbocycles. The first-order valence-corrected chi connectivity index (χ1v) is 10.4. The highest BCUT2D eigenvalue weighted by Crippen LogP contribution is 2.32. The van der Waals surface area contributed by atoms with E-state index in [2.05, 4.69) is 10.3 Å². The molecule has 4 rings (SSSR count). The monoisotopic (exact) mass is 464 g/mol. The second-order valence-corrected chi connectivity index (χ2v) is 7.43. The van der Waals surface area contributed by atoms with E-state index in [1.165, 1.54) is 18.3 Å². The van der Waals surface area contributed by atoms with Crippen LogP contribution in [0.15, 0.2) is 79.0 Å². The van der Waals surface area contributed by atoms with E-state index >= 15 is 0 Å². The number of hydrogen-bond acceptors (Lipinski definition) is 4. The van der Waals surface area contributed by atoms with Crippen molar-refractivity contribution in [3.63, 3.8) is 0 Å². The molecule has 0 radical (unpaired) electrons. The fourth-order valence-corrected chi connectivity index (χ4v) is 3.50. The zero-order valence-electron chi connectivity index (χ0n) is 18.0. The molecule has 34 heavy (non-hydrogen) atoms. The Bertz CT molecular complexity index is 1370. The Morgan fingerprint density at radius 2 is 1.71 bits per heavy atom. The van der Waals surface area contributed by atoms with E-state index in [1.807, 2.05) is 0 Å². The van der Waals surface area contributed by atoms with Crippen LogP contribution in [0.5, 0.6) is 0 Å². The van der Waals surface area contributed by atoms with Crippen LogP contribution in [0.2, 0.25) is 0 Å². The first-order valence-electron chi connectivity index (χ1n) is 10.4. The number of amides is 1. The summed E-state index contributed by atoms with van der Waals surface area (Å²) in [5.41, 5.74) is 1.94. The number of pyridine rings is 1. The number of carbonyl (C=O) groups excluding carboxylic acids is 2. The third-order valence-electron chi connectivity index (χ3n) is 5.15. The molecule has 172 valence electrons. The fourth-order valence-electron chi connectivity index (χ4n) is 3.50. The van der Waals surface area contributed by atoms with Crippen LogP contribution >= 0.6 is 0 Å². The molecule has 4 aromatic rings. The van der Waals surface area contributed by atoms with Gasteiger partial charge in [-0.25, -0.2) is 4.79 Å². The molecule has 1 heterocycles. The average molecular weight is 464 g/mol. The lowest BCUT2D eigenvalue weighted by Gasteiger charge is -2.12. The van der Waals surface area contributed by atoms with Gasteiger partial charge in [-0.1, -0.05) is 36.4 Å². The van der Waals surface area contributed by atoms with Crippen LogP contribution in [-0.4, -0.2) is 23.5 Å². The number of halogens is 3. The van der Waals surface area contributed by atoms with Crippen molar-refractivity contribution < 1.29 is 27.5 Å². The van der Waals surface area contributed by atoms with Crippen LogP contribution < -0.4 is 5.32 Å². The first-order chi connectivity index (χ1) is 16.3. The summed E-state index contributed by atoms with van der Waals surface area (Å²) in [6.07, 6.45) is -3.03. The number of benzene rings is 3. The predicted octanol–water partition coefficient (Wildman–Crippen LogP) is 6.35. The lowest BCUT2D eigenvalue weighted by Crippen LogP contribution is -2.13. The van der Waals surface area contributed by atoms with Gasteiger partial charge in [-0.05, 0) is 54.4 Å². The molecule has 1 aromatic heterocycles. The van der Waals surface area contributed by atoms with Crippen molar-refractivity contribution in [1.29, 1.82) is 0 Å². The number of nitrogens with zero attached hydrogens (tertiary/aromatic N) is 1. The van der Waals surface area contributed by atoms with Gasteiger partial charge in [0.05, 0.1) is 23.3 Å². The van der Waals surface area contributed by atoms with Crippen LogP contribution in [0, 0.1) is 0 Å². The van der Waals surface area contributed by atoms with Crippen molar-refractivity contribution in [2.45, 2.75) is 13.1 Å². The number of ether oxygens (including phenoxy) is 1. The van der Waals surface area contributed by atoms with Gasteiger partial charge < -0.3 is 10.1 Å². The Kier molecular flexibility index (Phi) is 6.32. The quantitative estimate of drug-likeness (QED) is 0.350. The number of alkyl halides is 3. The summed E-state index contributed by atoms with van der Waals surface area (Å²) >= 11 is 0. The Morgan fingerprint density at radius 1 is 0.971 bits per heavy atom. The van der Waals surface area contributed by atoms with Crippen LogP contribution in [0.1, 0.15) is 33.2 Å². The number of carbonyl (C=O) groups is 2. The Morgan fingerprint density at radius 3 is 2.41 bits per heavy atom. The molecule has 0 saturated carbocycles. The molecule has 0 aliphatic carbocycles. The average Bonchev–Trinajstić information content (AvgIpc) is 2.83. The largest absolute Gasteiger partial charge is 0.462 e. The molecule has 0 aliphatic heterocycles. The predicted molar refractivity (Wildman–Crippen MR) is 123 cm³/mol. The summed E-state index contributed by atoms with van der Waals surface area (Å²) in [6, 6.07) is 18.1. The summed E-state index contributed by atoms with van der Waals surface area (Å²) in [4.78, 5) is 29.2. The second kappa shape index (κ2) is 9.35. The molecular weight excluding hydrogens is 445 g/mol. The van der Waals surface area contributed by atoms with Crippen LogP contribution in [0.3, 0.4) is 0 Å². The van der Waals surface area contributed by atoms with Crippen molar-refractivity contribution in [3.05, 3.63) is 95.7 Å². The van der Waals surface area contributed by atoms with Crippen LogP contribution in [0.4, 0.5) is 18.9 Å². The minimum absolute atomic E-state index is 0.260. The minimum Gasteiger partial charge on any atom is -0.462 e. The number of aromatic nitrogens is 1. The van der Waals surface area contributed by atoms with Crippen molar-refractivity contribution in [3.8, 4) is 11.1 Å². The normalized spacial score (nSPS) is 11.3. The lowest BCUT2D eigenvalue weighted by molar-refractivity contribution is -0.137. The van der Waals surface area contributed by atoms with Gasteiger partial charge in [0.15, 0.2) is 0 Å². The topological polar surface area (TPSA) is 68.3 Å². The molecule has 0 aliphatic rings. The van der Waals surface area contributed by atoms with Gasteiger partial charge in [0.2, 0.25) is 0 Å². The highest BCUT2D eigenvalue weighted by Gasteiger charge is 2.30. The van der Waals surface area contributed by atoms with Crippen molar-refractivity contribution in [2.75, 3.05) is 11.9 Å². The van der Waals surface area contributed by atoms with Gasteiger partial charge in [0.1, 0.15) is 0 Å². The van der Waals surface area contributed by atoms with Crippen LogP contribution in [0.25, 0.3) is 22.0 Å². The highest BCUT2D eigenvalue weighted by molar-refractivity contribution is 6.09. The summed E-state index contributed by atoms with van der Waals surface area (Å²) in [7, 11) is 0. The number of fused-ring (bicyclic) bond motifs is 1. The zero-order valence-corrected chi connectivity index (χ0v) is 18.0. The third-order valence-corrected chi connectivity index (χ3v) is 5.15. The van der Waals surface area contributed by atoms with E-state index in [0.717, 1.165) is 12.1 Å². The Hall–Kier alpha value is -4.20. The molecule has 8 heteroatoms. The van der Waals surface area contributed by atoms with E-state index in [4.69, 9.17) is 4.74 Å². The van der Waals surface area contributed by atoms with Gasteiger partial charge in [-0.15, -0.1) is 0 Å². The van der Waals surface area contributed by atoms with Crippen molar-refractivity contribution >= 4 is 28.5 Å². The van der Waals surface area contributed by atoms with E-state index < -0.39 is 23.6 Å². The SMILES string of the molecule is CCOC(=O)c1cnc2cc(NC(=O)c3ccccc3-c3ccc(C(F)(F)F)cc3)ccc2c1. The minimum atomic E-state index is -4.43. The fraction of sp³-hybridized carbons (Fsp3) is 0.115. The smallest absolute Gasteiger partial charge is 0.416 e. The molecule has 1 N–H and O–H groups in total. The van der Waals surface area contributed by atoms with E-state index in [9.17, 15) is 22.8 Å². The summed E-state index contributed by atoms with van der Waals surface area (Å²) in [5, 5.41) is 3.51. The van der Waals surface area contributed by atoms with Gasteiger partial charge in [-0.2, -0.15) is 13.2 Å². The van der Waals surface area contributed by atoms with Gasteiger partial charge >= 0.3 is 12.1 Å². The lowest BCUT2D eigenvalue weighted by atomic mass is 9.98. The highest BCUT2D eigenvalue weighted by atomic mass is 19.4. The van der Waals surface area contributed by atoms with Crippen molar-refractivity contribution in [1.82, 2.24) is 4.98 Å². The number of hydrogen-bond donors (Lipinski definition) is 1. The summed E-state index contributed by atoms with van der Waals surface area (Å²) in [5.74, 6) is -0.882. The van der Waals surface area contributed by atoms with Gasteiger partial charge in [0.25, 0.3) is 5.91 Å². The van der Waals surface area contributed by atoms with E-state index in [1.54, 1.807) is 55.5 Å². The maximum atomic E-state index is 13.0. The number of nitrogens with one attached hydrogen (secondary N) is 1. The molecule has 0 unspecified atom stereocenters. The van der Waals surface area contributed by atoms with E-state index in [-0.39, 0.29) is 6.61 Å².